The van der Waals surface area contributed by atoms with Crippen molar-refractivity contribution in [3.63, 3.8) is 0 Å². The van der Waals surface area contributed by atoms with Crippen LogP contribution < -0.4 is 16.2 Å². The first kappa shape index (κ1) is 14.1. The van der Waals surface area contributed by atoms with E-state index in [1.54, 1.807) is 0 Å². The highest BCUT2D eigenvalue weighted by Gasteiger charge is 2.28. The van der Waals surface area contributed by atoms with Crippen LogP contribution >= 0.6 is 0 Å². The molecule has 0 atom stereocenters. The molecule has 0 aromatic carbocycles. The van der Waals surface area contributed by atoms with Crippen LogP contribution in [0.1, 0.15) is 56.8 Å². The third kappa shape index (κ3) is 3.15. The van der Waals surface area contributed by atoms with Gasteiger partial charge in [-0.25, -0.2) is 15.8 Å². The van der Waals surface area contributed by atoms with E-state index in [0.717, 1.165) is 49.0 Å². The molecule has 0 amide bonds. The third-order valence-electron chi connectivity index (χ3n) is 3.50. The Labute approximate surface area is 115 Å². The SMILES string of the molecule is CCCN(CCC)c1nc(C2CC2)nc(NN)c1C. The number of aromatic nitrogens is 2. The molecule has 5 nitrogen and oxygen atoms in total. The molecule has 1 heterocycles. The average Bonchev–Trinajstić information content (AvgIpc) is 3.23. The Hall–Kier alpha value is -1.36. The molecule has 1 fully saturated rings. The highest BCUT2D eigenvalue weighted by atomic mass is 15.3. The minimum atomic E-state index is 0.538. The lowest BCUT2D eigenvalue weighted by molar-refractivity contribution is 0.723. The van der Waals surface area contributed by atoms with E-state index in [9.17, 15) is 0 Å². The fraction of sp³-hybridized carbons (Fsp3) is 0.714. The molecule has 1 saturated carbocycles. The van der Waals surface area contributed by atoms with Gasteiger partial charge in [0, 0.05) is 24.6 Å². The van der Waals surface area contributed by atoms with Gasteiger partial charge in [0.15, 0.2) is 0 Å². The van der Waals surface area contributed by atoms with Crippen LogP contribution in [0.15, 0.2) is 0 Å². The number of nitrogens with zero attached hydrogens (tertiary/aromatic N) is 3. The van der Waals surface area contributed by atoms with E-state index in [0.29, 0.717) is 5.92 Å². The second-order valence-electron chi connectivity index (χ2n) is 5.28. The molecule has 0 radical (unpaired) electrons. The first-order valence-electron chi connectivity index (χ1n) is 7.31. The van der Waals surface area contributed by atoms with Crippen LogP contribution in [0.4, 0.5) is 11.6 Å². The lowest BCUT2D eigenvalue weighted by Crippen LogP contribution is -2.28. The molecule has 3 N–H and O–H groups in total. The lowest BCUT2D eigenvalue weighted by Gasteiger charge is -2.25. The summed E-state index contributed by atoms with van der Waals surface area (Å²) in [5.74, 6) is 8.90. The number of nitrogens with one attached hydrogen (secondary N) is 1. The summed E-state index contributed by atoms with van der Waals surface area (Å²) >= 11 is 0. The van der Waals surface area contributed by atoms with Gasteiger partial charge in [0.1, 0.15) is 17.5 Å². The zero-order valence-corrected chi connectivity index (χ0v) is 12.2. The van der Waals surface area contributed by atoms with Gasteiger partial charge in [-0.2, -0.15) is 0 Å². The first-order chi connectivity index (χ1) is 9.21. The van der Waals surface area contributed by atoms with Crippen LogP contribution in [0.5, 0.6) is 0 Å². The molecule has 0 bridgehead atoms. The maximum absolute atomic E-state index is 5.60. The van der Waals surface area contributed by atoms with Crippen molar-refractivity contribution in [1.29, 1.82) is 0 Å². The van der Waals surface area contributed by atoms with Gasteiger partial charge in [-0.05, 0) is 32.6 Å². The van der Waals surface area contributed by atoms with Gasteiger partial charge < -0.3 is 10.3 Å². The second kappa shape index (κ2) is 6.19. The number of hydrogen-bond donors (Lipinski definition) is 2. The van der Waals surface area contributed by atoms with Gasteiger partial charge in [0.25, 0.3) is 0 Å². The smallest absolute Gasteiger partial charge is 0.148 e. The molecule has 1 aliphatic rings. The van der Waals surface area contributed by atoms with Crippen LogP contribution in [0, 0.1) is 6.92 Å². The van der Waals surface area contributed by atoms with Gasteiger partial charge in [0.05, 0.1) is 0 Å². The Morgan fingerprint density at radius 3 is 2.32 bits per heavy atom. The van der Waals surface area contributed by atoms with Gasteiger partial charge >= 0.3 is 0 Å². The summed E-state index contributed by atoms with van der Waals surface area (Å²) in [6.45, 7) is 8.49. The quantitative estimate of drug-likeness (QED) is 0.584. The van der Waals surface area contributed by atoms with E-state index in [2.05, 4.69) is 29.2 Å². The predicted molar refractivity (Wildman–Crippen MR) is 79.3 cm³/mol. The topological polar surface area (TPSA) is 67.1 Å². The van der Waals surface area contributed by atoms with Crippen LogP contribution in [-0.4, -0.2) is 23.1 Å². The van der Waals surface area contributed by atoms with Crippen molar-refractivity contribution in [2.45, 2.75) is 52.4 Å². The van der Waals surface area contributed by atoms with Gasteiger partial charge in [0.2, 0.25) is 0 Å². The molecule has 2 rings (SSSR count). The van der Waals surface area contributed by atoms with Crippen LogP contribution in [0.3, 0.4) is 0 Å². The van der Waals surface area contributed by atoms with E-state index < -0.39 is 0 Å². The normalized spacial score (nSPS) is 14.5. The minimum Gasteiger partial charge on any atom is -0.356 e. The van der Waals surface area contributed by atoms with Crippen LogP contribution in [-0.2, 0) is 0 Å². The highest BCUT2D eigenvalue weighted by Crippen LogP contribution is 2.40. The van der Waals surface area contributed by atoms with Crippen molar-refractivity contribution in [2.24, 2.45) is 5.84 Å². The van der Waals surface area contributed by atoms with Crippen LogP contribution in [0.2, 0.25) is 0 Å². The molecule has 1 aromatic rings. The molecule has 0 spiro atoms. The largest absolute Gasteiger partial charge is 0.356 e. The van der Waals surface area contributed by atoms with Crippen molar-refractivity contribution in [3.05, 3.63) is 11.4 Å². The number of nitrogen functional groups attached to an aromatic ring is 1. The van der Waals surface area contributed by atoms with Gasteiger partial charge in [-0.1, -0.05) is 13.8 Å². The Balaban J connectivity index is 2.37. The molecular weight excluding hydrogens is 238 g/mol. The van der Waals surface area contributed by atoms with E-state index in [1.807, 2.05) is 6.92 Å². The standard InChI is InChI=1S/C14H25N5/c1-4-8-19(9-5-2)14-10(3)12(18-15)16-13(17-14)11-6-7-11/h11H,4-9,15H2,1-3H3,(H,16,17,18). The first-order valence-corrected chi connectivity index (χ1v) is 7.31. The Morgan fingerprint density at radius 1 is 1.21 bits per heavy atom. The average molecular weight is 263 g/mol. The number of hydrazine groups is 1. The summed E-state index contributed by atoms with van der Waals surface area (Å²) in [6.07, 6.45) is 4.64. The highest BCUT2D eigenvalue weighted by molar-refractivity contribution is 5.58. The van der Waals surface area contributed by atoms with Crippen molar-refractivity contribution < 1.29 is 0 Å². The molecule has 1 aliphatic carbocycles. The van der Waals surface area contributed by atoms with E-state index in [-0.39, 0.29) is 0 Å². The van der Waals surface area contributed by atoms with E-state index >= 15 is 0 Å². The van der Waals surface area contributed by atoms with Crippen molar-refractivity contribution in [2.75, 3.05) is 23.4 Å². The summed E-state index contributed by atoms with van der Waals surface area (Å²) in [5, 5.41) is 0. The summed E-state index contributed by atoms with van der Waals surface area (Å²) in [4.78, 5) is 11.7. The molecule has 0 unspecified atom stereocenters. The molecular formula is C14H25N5. The predicted octanol–water partition coefficient (Wildman–Crippen LogP) is 2.57. The minimum absolute atomic E-state index is 0.538. The van der Waals surface area contributed by atoms with Gasteiger partial charge in [-0.3, -0.25) is 0 Å². The monoisotopic (exact) mass is 263 g/mol. The Kier molecular flexibility index (Phi) is 4.58. The molecule has 106 valence electrons. The number of nitrogens with two attached hydrogens (primary N) is 1. The number of rotatable bonds is 7. The zero-order valence-electron chi connectivity index (χ0n) is 12.2. The van der Waals surface area contributed by atoms with Crippen molar-refractivity contribution in [3.8, 4) is 0 Å². The maximum Gasteiger partial charge on any atom is 0.148 e. The van der Waals surface area contributed by atoms with Crippen LogP contribution in [0.25, 0.3) is 0 Å². The Morgan fingerprint density at radius 2 is 1.84 bits per heavy atom. The van der Waals surface area contributed by atoms with Gasteiger partial charge in [-0.15, -0.1) is 0 Å². The molecule has 0 aliphatic heterocycles. The fourth-order valence-corrected chi connectivity index (χ4v) is 2.36. The maximum atomic E-state index is 5.60. The molecule has 0 saturated heterocycles. The lowest BCUT2D eigenvalue weighted by atomic mass is 10.2. The third-order valence-corrected chi connectivity index (χ3v) is 3.50. The van der Waals surface area contributed by atoms with Crippen molar-refractivity contribution in [1.82, 2.24) is 9.97 Å². The summed E-state index contributed by atoms with van der Waals surface area (Å²) in [6, 6.07) is 0. The van der Waals surface area contributed by atoms with E-state index in [1.165, 1.54) is 12.8 Å². The number of hydrogen-bond acceptors (Lipinski definition) is 5. The number of anilines is 2. The molecule has 1 aromatic heterocycles. The Bertz CT molecular complexity index is 422. The van der Waals surface area contributed by atoms with E-state index in [4.69, 9.17) is 10.8 Å². The second-order valence-corrected chi connectivity index (χ2v) is 5.28. The summed E-state index contributed by atoms with van der Waals surface area (Å²) in [5.41, 5.74) is 3.77. The molecule has 19 heavy (non-hydrogen) atoms. The summed E-state index contributed by atoms with van der Waals surface area (Å²) < 4.78 is 0. The van der Waals surface area contributed by atoms with Crippen molar-refractivity contribution >= 4 is 11.6 Å². The zero-order chi connectivity index (χ0) is 13.8. The fourth-order valence-electron chi connectivity index (χ4n) is 2.36. The summed E-state index contributed by atoms with van der Waals surface area (Å²) in [7, 11) is 0. The molecule has 5 heteroatoms.